The number of nitrogens with one attached hydrogen (secondary N) is 2. The number of halogens is 3. The van der Waals surface area contributed by atoms with Gasteiger partial charge in [0, 0.05) is 20.7 Å². The molecule has 1 saturated heterocycles. The predicted molar refractivity (Wildman–Crippen MR) is 149 cm³/mol. The highest BCUT2D eigenvalue weighted by molar-refractivity contribution is 9.11. The van der Waals surface area contributed by atoms with Crippen molar-refractivity contribution in [2.45, 2.75) is 6.92 Å². The van der Waals surface area contributed by atoms with Crippen molar-refractivity contribution >= 4 is 84.7 Å². The van der Waals surface area contributed by atoms with E-state index >= 15 is 0 Å². The first kappa shape index (κ1) is 27.4. The molecule has 3 aromatic carbocycles. The molecular weight excluding hydrogens is 646 g/mol. The third-order valence-electron chi connectivity index (χ3n) is 5.35. The SMILES string of the molecule is Cc1ccc(NC(=O)COc2c(Br)cc(Br)cc2/C=C2/C(=O)NC(=O)N(c3ccc(O)cc3)C2=O)cc1Cl. The number of hydrogen-bond donors (Lipinski definition) is 3. The fourth-order valence-electron chi connectivity index (χ4n) is 3.49. The number of ether oxygens (including phenoxy) is 1. The molecule has 3 N–H and O–H groups in total. The summed E-state index contributed by atoms with van der Waals surface area (Å²) in [7, 11) is 0. The lowest BCUT2D eigenvalue weighted by atomic mass is 10.1. The first-order valence-corrected chi connectivity index (χ1v) is 12.9. The van der Waals surface area contributed by atoms with Crippen molar-refractivity contribution in [3.05, 3.63) is 85.3 Å². The molecule has 5 amide bonds. The molecule has 0 aromatic heterocycles. The zero-order valence-electron chi connectivity index (χ0n) is 19.6. The zero-order chi connectivity index (χ0) is 27.6. The Kier molecular flexibility index (Phi) is 8.20. The number of nitrogens with zero attached hydrogens (tertiary/aromatic N) is 1. The molecule has 1 fully saturated rings. The Bertz CT molecular complexity index is 1510. The Balaban J connectivity index is 1.61. The number of carbonyl (C=O) groups is 4. The lowest BCUT2D eigenvalue weighted by Gasteiger charge is -2.26. The van der Waals surface area contributed by atoms with Gasteiger partial charge in [0.15, 0.2) is 6.61 Å². The Labute approximate surface area is 238 Å². The number of carbonyl (C=O) groups excluding carboxylic acids is 4. The molecule has 0 radical (unpaired) electrons. The van der Waals surface area contributed by atoms with E-state index in [1.807, 2.05) is 6.92 Å². The maximum absolute atomic E-state index is 13.2. The van der Waals surface area contributed by atoms with E-state index in [2.05, 4.69) is 42.5 Å². The minimum Gasteiger partial charge on any atom is -0.508 e. The first-order chi connectivity index (χ1) is 18.0. The molecule has 1 aliphatic rings. The zero-order valence-corrected chi connectivity index (χ0v) is 23.5. The maximum Gasteiger partial charge on any atom is 0.335 e. The molecule has 38 heavy (non-hydrogen) atoms. The number of urea groups is 1. The van der Waals surface area contributed by atoms with Crippen LogP contribution in [0.2, 0.25) is 5.02 Å². The van der Waals surface area contributed by atoms with Crippen LogP contribution in [-0.4, -0.2) is 35.5 Å². The third-order valence-corrected chi connectivity index (χ3v) is 6.80. The summed E-state index contributed by atoms with van der Waals surface area (Å²) in [6.07, 6.45) is 1.26. The second-order valence-electron chi connectivity index (χ2n) is 8.08. The van der Waals surface area contributed by atoms with E-state index in [-0.39, 0.29) is 34.9 Å². The average molecular weight is 664 g/mol. The fourth-order valence-corrected chi connectivity index (χ4v) is 5.05. The number of phenols is 1. The van der Waals surface area contributed by atoms with Gasteiger partial charge in [-0.05, 0) is 83.0 Å². The first-order valence-electron chi connectivity index (χ1n) is 10.9. The second kappa shape index (κ2) is 11.4. The number of rotatable bonds is 6. The topological polar surface area (TPSA) is 125 Å². The number of barbiturate groups is 1. The molecule has 0 bridgehead atoms. The van der Waals surface area contributed by atoms with Crippen LogP contribution in [0.1, 0.15) is 11.1 Å². The second-order valence-corrected chi connectivity index (χ2v) is 10.3. The van der Waals surface area contributed by atoms with Crippen molar-refractivity contribution in [1.29, 1.82) is 0 Å². The number of phenolic OH excluding ortho intramolecular Hbond substituents is 1. The van der Waals surface area contributed by atoms with Crippen LogP contribution >= 0.6 is 43.5 Å². The summed E-state index contributed by atoms with van der Waals surface area (Å²) in [5.41, 5.74) is 1.46. The van der Waals surface area contributed by atoms with E-state index < -0.39 is 23.8 Å². The number of aromatic hydroxyl groups is 1. The Morgan fingerprint density at radius 3 is 2.50 bits per heavy atom. The van der Waals surface area contributed by atoms with Gasteiger partial charge in [-0.3, -0.25) is 19.7 Å². The molecule has 194 valence electrons. The summed E-state index contributed by atoms with van der Waals surface area (Å²) >= 11 is 12.9. The number of anilines is 2. The van der Waals surface area contributed by atoms with Gasteiger partial charge in [0.05, 0.1) is 10.2 Å². The average Bonchev–Trinajstić information content (AvgIpc) is 2.84. The van der Waals surface area contributed by atoms with Crippen molar-refractivity contribution in [2.75, 3.05) is 16.8 Å². The fraction of sp³-hybridized carbons (Fsp3) is 0.0769. The largest absolute Gasteiger partial charge is 0.508 e. The van der Waals surface area contributed by atoms with E-state index in [1.54, 1.807) is 30.3 Å². The van der Waals surface area contributed by atoms with Gasteiger partial charge in [-0.15, -0.1) is 0 Å². The van der Waals surface area contributed by atoms with Crippen LogP contribution in [0.5, 0.6) is 11.5 Å². The van der Waals surface area contributed by atoms with Gasteiger partial charge in [-0.1, -0.05) is 33.6 Å². The van der Waals surface area contributed by atoms with E-state index in [1.165, 1.54) is 30.3 Å². The summed E-state index contributed by atoms with van der Waals surface area (Å²) in [6, 6.07) is 12.8. The van der Waals surface area contributed by atoms with Gasteiger partial charge in [-0.25, -0.2) is 9.69 Å². The summed E-state index contributed by atoms with van der Waals surface area (Å²) < 4.78 is 6.80. The predicted octanol–water partition coefficient (Wildman–Crippen LogP) is 5.56. The minimum absolute atomic E-state index is 0.0549. The minimum atomic E-state index is -0.928. The van der Waals surface area contributed by atoms with Crippen LogP contribution in [0, 0.1) is 6.92 Å². The Morgan fingerprint density at radius 2 is 1.82 bits per heavy atom. The van der Waals surface area contributed by atoms with Gasteiger partial charge in [0.1, 0.15) is 17.1 Å². The van der Waals surface area contributed by atoms with E-state index in [0.29, 0.717) is 19.7 Å². The van der Waals surface area contributed by atoms with Crippen molar-refractivity contribution in [3.63, 3.8) is 0 Å². The lowest BCUT2D eigenvalue weighted by molar-refractivity contribution is -0.122. The molecule has 0 unspecified atom stereocenters. The molecular formula is C26H18Br2ClN3O6. The standard InChI is InChI=1S/C26H18Br2ClN3O6/c1-13-2-3-16(11-21(13)29)30-22(34)12-38-23-14(8-15(27)10-20(23)28)9-19-24(35)31-26(37)32(25(19)36)17-4-6-18(33)7-5-17/h2-11,33H,12H2,1H3,(H,30,34)(H,31,35,37)/b19-9-. The highest BCUT2D eigenvalue weighted by Crippen LogP contribution is 2.35. The van der Waals surface area contributed by atoms with Crippen LogP contribution in [-0.2, 0) is 14.4 Å². The molecule has 0 saturated carbocycles. The molecule has 1 heterocycles. The van der Waals surface area contributed by atoms with E-state index in [9.17, 15) is 24.3 Å². The Hall–Kier alpha value is -3.67. The van der Waals surface area contributed by atoms with Crippen LogP contribution in [0.15, 0.2) is 69.1 Å². The normalized spacial score (nSPS) is 14.5. The highest BCUT2D eigenvalue weighted by Gasteiger charge is 2.37. The van der Waals surface area contributed by atoms with Gasteiger partial charge < -0.3 is 15.2 Å². The van der Waals surface area contributed by atoms with E-state index in [4.69, 9.17) is 16.3 Å². The summed E-state index contributed by atoms with van der Waals surface area (Å²) in [6.45, 7) is 1.45. The molecule has 0 atom stereocenters. The molecule has 0 spiro atoms. The summed E-state index contributed by atoms with van der Waals surface area (Å²) in [4.78, 5) is 51.6. The number of imide groups is 2. The number of hydrogen-bond acceptors (Lipinski definition) is 6. The van der Waals surface area contributed by atoms with Gasteiger partial charge in [-0.2, -0.15) is 0 Å². The van der Waals surface area contributed by atoms with Gasteiger partial charge in [0.25, 0.3) is 17.7 Å². The van der Waals surface area contributed by atoms with Crippen LogP contribution in [0.4, 0.5) is 16.2 Å². The monoisotopic (exact) mass is 661 g/mol. The van der Waals surface area contributed by atoms with Crippen LogP contribution in [0.25, 0.3) is 6.08 Å². The van der Waals surface area contributed by atoms with Gasteiger partial charge >= 0.3 is 6.03 Å². The van der Waals surface area contributed by atoms with Gasteiger partial charge in [0.2, 0.25) is 0 Å². The van der Waals surface area contributed by atoms with E-state index in [0.717, 1.165) is 10.5 Å². The van der Waals surface area contributed by atoms with Crippen LogP contribution in [0.3, 0.4) is 0 Å². The molecule has 3 aromatic rings. The highest BCUT2D eigenvalue weighted by atomic mass is 79.9. The molecule has 12 heteroatoms. The Morgan fingerprint density at radius 1 is 1.11 bits per heavy atom. The van der Waals surface area contributed by atoms with Crippen molar-refractivity contribution < 1.29 is 29.0 Å². The lowest BCUT2D eigenvalue weighted by Crippen LogP contribution is -2.54. The number of amides is 5. The van der Waals surface area contributed by atoms with Crippen molar-refractivity contribution in [2.24, 2.45) is 0 Å². The molecule has 1 aliphatic heterocycles. The smallest absolute Gasteiger partial charge is 0.335 e. The quantitative estimate of drug-likeness (QED) is 0.234. The molecule has 9 nitrogen and oxygen atoms in total. The molecule has 4 rings (SSSR count). The summed E-state index contributed by atoms with van der Waals surface area (Å²) in [5, 5.41) is 14.9. The van der Waals surface area contributed by atoms with Crippen molar-refractivity contribution in [1.82, 2.24) is 5.32 Å². The number of benzene rings is 3. The molecule has 0 aliphatic carbocycles. The van der Waals surface area contributed by atoms with Crippen LogP contribution < -0.4 is 20.3 Å². The number of aryl methyl sites for hydroxylation is 1. The maximum atomic E-state index is 13.2. The third kappa shape index (κ3) is 6.07. The summed E-state index contributed by atoms with van der Waals surface area (Å²) in [5.74, 6) is -2.10. The van der Waals surface area contributed by atoms with Crippen molar-refractivity contribution in [3.8, 4) is 11.5 Å².